The van der Waals surface area contributed by atoms with E-state index in [1.54, 1.807) is 36.4 Å². The molecule has 3 aromatic rings. The first-order valence-electron chi connectivity index (χ1n) is 12.1. The van der Waals surface area contributed by atoms with Crippen LogP contribution in [0.25, 0.3) is 0 Å². The fourth-order valence-corrected chi connectivity index (χ4v) is 4.93. The minimum Gasteiger partial charge on any atom is -0.496 e. The summed E-state index contributed by atoms with van der Waals surface area (Å²) in [6, 6.07) is 19.3. The summed E-state index contributed by atoms with van der Waals surface area (Å²) in [4.78, 5) is 52.0. The van der Waals surface area contributed by atoms with Crippen molar-refractivity contribution < 1.29 is 28.7 Å². The van der Waals surface area contributed by atoms with Crippen LogP contribution in [0.2, 0.25) is 0 Å². The lowest BCUT2D eigenvalue weighted by Gasteiger charge is -2.26. The number of fused-ring (bicyclic) bond motifs is 2. The molecule has 2 aliphatic rings. The molecule has 1 aliphatic carbocycles. The van der Waals surface area contributed by atoms with Gasteiger partial charge in [0, 0.05) is 0 Å². The first-order chi connectivity index (χ1) is 18.0. The molecule has 8 nitrogen and oxygen atoms in total. The average Bonchev–Trinajstić information content (AvgIpc) is 3.17. The highest BCUT2D eigenvalue weighted by Gasteiger charge is 2.35. The molecule has 8 heteroatoms. The number of hydrogen-bond donors (Lipinski definition) is 1. The van der Waals surface area contributed by atoms with Crippen molar-refractivity contribution in [2.24, 2.45) is 0 Å². The van der Waals surface area contributed by atoms with Crippen LogP contribution in [0, 0.1) is 0 Å². The van der Waals surface area contributed by atoms with E-state index in [2.05, 4.69) is 11.4 Å². The molecule has 1 atom stereocenters. The molecule has 1 unspecified atom stereocenters. The lowest BCUT2D eigenvalue weighted by molar-refractivity contribution is -0.125. The Morgan fingerprint density at radius 1 is 0.973 bits per heavy atom. The average molecular weight is 499 g/mol. The van der Waals surface area contributed by atoms with E-state index < -0.39 is 18.5 Å². The Hall–Kier alpha value is -4.46. The van der Waals surface area contributed by atoms with Crippen LogP contribution in [0.1, 0.15) is 66.6 Å². The topological polar surface area (TPSA) is 102 Å². The van der Waals surface area contributed by atoms with Crippen molar-refractivity contribution in [3.63, 3.8) is 0 Å². The van der Waals surface area contributed by atoms with Crippen LogP contribution < -0.4 is 10.1 Å². The molecule has 3 amide bonds. The van der Waals surface area contributed by atoms with Crippen molar-refractivity contribution in [2.45, 2.75) is 31.8 Å². The number of rotatable bonds is 7. The van der Waals surface area contributed by atoms with Crippen molar-refractivity contribution in [3.8, 4) is 5.75 Å². The molecule has 0 bridgehead atoms. The second kappa shape index (κ2) is 10.3. The second-order valence-electron chi connectivity index (χ2n) is 9.06. The molecule has 3 aromatic carbocycles. The lowest BCUT2D eigenvalue weighted by Crippen LogP contribution is -2.34. The van der Waals surface area contributed by atoms with Gasteiger partial charge < -0.3 is 14.8 Å². The first-order valence-corrected chi connectivity index (χ1v) is 12.1. The van der Waals surface area contributed by atoms with Gasteiger partial charge in [0.15, 0.2) is 6.61 Å². The smallest absolute Gasteiger partial charge is 0.342 e. The quantitative estimate of drug-likeness (QED) is 0.392. The number of methoxy groups -OCH3 is 1. The van der Waals surface area contributed by atoms with Gasteiger partial charge in [0.25, 0.3) is 17.7 Å². The van der Waals surface area contributed by atoms with E-state index in [1.807, 2.05) is 18.2 Å². The van der Waals surface area contributed by atoms with Crippen molar-refractivity contribution in [3.05, 3.63) is 100 Å². The predicted octanol–water partition coefficient (Wildman–Crippen LogP) is 3.84. The van der Waals surface area contributed by atoms with Gasteiger partial charge in [-0.15, -0.1) is 0 Å². The van der Waals surface area contributed by atoms with E-state index >= 15 is 0 Å². The molecule has 1 aliphatic heterocycles. The molecule has 5 rings (SSSR count). The fourth-order valence-electron chi connectivity index (χ4n) is 4.93. The summed E-state index contributed by atoms with van der Waals surface area (Å²) in [6.45, 7) is -0.457. The van der Waals surface area contributed by atoms with Crippen molar-refractivity contribution >= 4 is 23.7 Å². The summed E-state index contributed by atoms with van der Waals surface area (Å²) in [7, 11) is 1.42. The third-order valence-electron chi connectivity index (χ3n) is 6.74. The number of benzene rings is 3. The molecule has 1 heterocycles. The van der Waals surface area contributed by atoms with Crippen molar-refractivity contribution in [1.82, 2.24) is 10.2 Å². The number of carbonyl (C=O) groups is 4. The van der Waals surface area contributed by atoms with Crippen molar-refractivity contribution in [1.29, 1.82) is 0 Å². The van der Waals surface area contributed by atoms with Gasteiger partial charge >= 0.3 is 5.97 Å². The summed E-state index contributed by atoms with van der Waals surface area (Å²) >= 11 is 0. The van der Waals surface area contributed by atoms with Crippen LogP contribution in [-0.2, 0) is 22.5 Å². The molecule has 188 valence electrons. The molecular formula is C29H26N2O6. The Bertz CT molecular complexity index is 1360. The zero-order valence-electron chi connectivity index (χ0n) is 20.4. The number of nitrogens with zero attached hydrogens (tertiary/aromatic N) is 1. The van der Waals surface area contributed by atoms with Gasteiger partial charge in [-0.25, -0.2) is 4.79 Å². The Kier molecular flexibility index (Phi) is 6.72. The van der Waals surface area contributed by atoms with Gasteiger partial charge in [0.1, 0.15) is 11.3 Å². The SMILES string of the molecule is COc1ccc(CN2C(=O)c3ccccc3C2=O)cc1C(=O)OCC(=O)NC1CCCc2ccccc21. The van der Waals surface area contributed by atoms with Gasteiger partial charge in [-0.05, 0) is 60.2 Å². The van der Waals surface area contributed by atoms with Gasteiger partial charge in [-0.1, -0.05) is 42.5 Å². The standard InChI is InChI=1S/C29H26N2O6/c1-36-25-14-13-18(16-31-27(33)21-10-4-5-11-22(21)28(31)34)15-23(25)29(35)37-17-26(32)30-24-12-6-8-19-7-2-3-9-20(19)24/h2-5,7,9-11,13-15,24H,6,8,12,16-17H2,1H3,(H,30,32). The zero-order valence-corrected chi connectivity index (χ0v) is 20.4. The van der Waals surface area contributed by atoms with Crippen LogP contribution in [0.3, 0.4) is 0 Å². The lowest BCUT2D eigenvalue weighted by atomic mass is 9.88. The van der Waals surface area contributed by atoms with Crippen LogP contribution >= 0.6 is 0 Å². The Morgan fingerprint density at radius 2 is 1.68 bits per heavy atom. The van der Waals surface area contributed by atoms with Crippen molar-refractivity contribution in [2.75, 3.05) is 13.7 Å². The van der Waals surface area contributed by atoms with Gasteiger partial charge in [0.05, 0.1) is 30.8 Å². The summed E-state index contributed by atoms with van der Waals surface area (Å²) in [6.07, 6.45) is 2.78. The molecule has 0 radical (unpaired) electrons. The van der Waals surface area contributed by atoms with Gasteiger partial charge in [-0.2, -0.15) is 0 Å². The number of carbonyl (C=O) groups excluding carboxylic acids is 4. The monoisotopic (exact) mass is 498 g/mol. The maximum atomic E-state index is 12.9. The number of hydrogen-bond acceptors (Lipinski definition) is 6. The number of imide groups is 1. The number of ether oxygens (including phenoxy) is 2. The minimum atomic E-state index is -0.736. The summed E-state index contributed by atoms with van der Waals surface area (Å²) in [5, 5.41) is 2.96. The largest absolute Gasteiger partial charge is 0.496 e. The van der Waals surface area contributed by atoms with E-state index in [4.69, 9.17) is 9.47 Å². The number of amides is 3. The molecule has 0 spiro atoms. The Labute approximate surface area is 214 Å². The van der Waals surface area contributed by atoms with Crippen LogP contribution in [0.15, 0.2) is 66.7 Å². The third-order valence-corrected chi connectivity index (χ3v) is 6.74. The van der Waals surface area contributed by atoms with Crippen LogP contribution in [-0.4, -0.2) is 42.3 Å². The molecule has 0 saturated heterocycles. The number of esters is 1. The minimum absolute atomic E-state index is 0.0157. The summed E-state index contributed by atoms with van der Waals surface area (Å²) < 4.78 is 10.6. The van der Waals surface area contributed by atoms with E-state index in [-0.39, 0.29) is 35.7 Å². The number of aryl methyl sites for hydroxylation is 1. The van der Waals surface area contributed by atoms with Gasteiger partial charge in [0.2, 0.25) is 0 Å². The predicted molar refractivity (Wildman–Crippen MR) is 134 cm³/mol. The highest BCUT2D eigenvalue weighted by atomic mass is 16.5. The highest BCUT2D eigenvalue weighted by molar-refractivity contribution is 6.21. The van der Waals surface area contributed by atoms with Crippen LogP contribution in [0.4, 0.5) is 0 Å². The van der Waals surface area contributed by atoms with E-state index in [1.165, 1.54) is 18.7 Å². The summed E-state index contributed by atoms with van der Waals surface area (Å²) in [5.41, 5.74) is 3.67. The molecule has 0 fully saturated rings. The zero-order chi connectivity index (χ0) is 25.9. The number of nitrogens with one attached hydrogen (secondary N) is 1. The van der Waals surface area contributed by atoms with E-state index in [9.17, 15) is 19.2 Å². The molecule has 37 heavy (non-hydrogen) atoms. The molecule has 0 saturated carbocycles. The van der Waals surface area contributed by atoms with E-state index in [0.717, 1.165) is 29.7 Å². The van der Waals surface area contributed by atoms with E-state index in [0.29, 0.717) is 16.7 Å². The van der Waals surface area contributed by atoms with Gasteiger partial charge in [-0.3, -0.25) is 19.3 Å². The normalized spacial score (nSPS) is 16.1. The maximum Gasteiger partial charge on any atom is 0.342 e. The highest BCUT2D eigenvalue weighted by Crippen LogP contribution is 2.30. The second-order valence-corrected chi connectivity index (χ2v) is 9.06. The molecule has 1 N–H and O–H groups in total. The maximum absolute atomic E-state index is 12.9. The van der Waals surface area contributed by atoms with Crippen LogP contribution in [0.5, 0.6) is 5.75 Å². The molecule has 0 aromatic heterocycles. The fraction of sp³-hybridized carbons (Fsp3) is 0.241. The molecular weight excluding hydrogens is 472 g/mol. The summed E-state index contributed by atoms with van der Waals surface area (Å²) in [5.74, 6) is -1.64. The first kappa shape index (κ1) is 24.2. The third kappa shape index (κ3) is 4.82. The Morgan fingerprint density at radius 3 is 2.41 bits per heavy atom. The Balaban J connectivity index is 1.25.